The predicted octanol–water partition coefficient (Wildman–Crippen LogP) is 2.29. The number of pyridine rings is 1. The van der Waals surface area contributed by atoms with Crippen molar-refractivity contribution < 1.29 is 9.59 Å². The van der Waals surface area contributed by atoms with E-state index >= 15 is 0 Å². The minimum Gasteiger partial charge on any atom is -0.336 e. The second kappa shape index (κ2) is 7.23. The number of nitrogens with one attached hydrogen (secondary N) is 1. The third-order valence-electron chi connectivity index (χ3n) is 2.79. The minimum absolute atomic E-state index is 0.0265. The van der Waals surface area contributed by atoms with Crippen LogP contribution in [-0.4, -0.2) is 35.3 Å². The van der Waals surface area contributed by atoms with Crippen LogP contribution in [0.4, 0.5) is 5.82 Å². The van der Waals surface area contributed by atoms with E-state index in [-0.39, 0.29) is 24.3 Å². The minimum atomic E-state index is -0.256. The van der Waals surface area contributed by atoms with Gasteiger partial charge in [0, 0.05) is 23.6 Å². The van der Waals surface area contributed by atoms with Crippen molar-refractivity contribution in [2.24, 2.45) is 5.92 Å². The number of carbonyl (C=O) groups excluding carboxylic acids is 2. The molecule has 0 saturated carbocycles. The van der Waals surface area contributed by atoms with Crippen LogP contribution in [0.2, 0.25) is 0 Å². The number of amides is 2. The molecule has 0 bridgehead atoms. The van der Waals surface area contributed by atoms with Crippen molar-refractivity contribution in [3.8, 4) is 0 Å². The van der Waals surface area contributed by atoms with E-state index in [1.54, 1.807) is 25.4 Å². The number of anilines is 1. The molecule has 19 heavy (non-hydrogen) atoms. The number of rotatable bonds is 5. The maximum absolute atomic E-state index is 11.8. The summed E-state index contributed by atoms with van der Waals surface area (Å²) in [6, 6.07) is 3.48. The Labute approximate surface area is 121 Å². The van der Waals surface area contributed by atoms with E-state index in [1.165, 1.54) is 4.90 Å². The molecule has 1 atom stereocenters. The number of halogens is 1. The first-order valence-corrected chi connectivity index (χ1v) is 6.89. The summed E-state index contributed by atoms with van der Waals surface area (Å²) in [5, 5.41) is 2.65. The van der Waals surface area contributed by atoms with E-state index in [0.717, 1.165) is 10.9 Å². The van der Waals surface area contributed by atoms with Crippen molar-refractivity contribution >= 4 is 33.6 Å². The van der Waals surface area contributed by atoms with Gasteiger partial charge in [-0.2, -0.15) is 0 Å². The molecule has 6 heteroatoms. The maximum Gasteiger partial charge on any atom is 0.245 e. The van der Waals surface area contributed by atoms with Crippen molar-refractivity contribution in [1.82, 2.24) is 9.88 Å². The van der Waals surface area contributed by atoms with Crippen LogP contribution in [0, 0.1) is 5.92 Å². The van der Waals surface area contributed by atoms with E-state index in [9.17, 15) is 9.59 Å². The summed E-state index contributed by atoms with van der Waals surface area (Å²) in [5.74, 6) is 0.122. The zero-order valence-electron chi connectivity index (χ0n) is 11.3. The number of aromatic nitrogens is 1. The summed E-state index contributed by atoms with van der Waals surface area (Å²) in [7, 11) is 1.63. The van der Waals surface area contributed by atoms with Gasteiger partial charge < -0.3 is 10.2 Å². The Balaban J connectivity index is 2.51. The first kappa shape index (κ1) is 15.6. The van der Waals surface area contributed by atoms with E-state index in [2.05, 4.69) is 26.2 Å². The molecule has 0 aliphatic heterocycles. The van der Waals surface area contributed by atoms with E-state index in [1.807, 2.05) is 13.8 Å². The number of hydrogen-bond donors (Lipinski definition) is 1. The van der Waals surface area contributed by atoms with Crippen molar-refractivity contribution in [1.29, 1.82) is 0 Å². The Hall–Kier alpha value is -1.43. The fraction of sp³-hybridized carbons (Fsp3) is 0.462. The van der Waals surface area contributed by atoms with Crippen LogP contribution in [0.1, 0.15) is 20.3 Å². The molecular weight excluding hydrogens is 310 g/mol. The lowest BCUT2D eigenvalue weighted by atomic mass is 10.1. The van der Waals surface area contributed by atoms with E-state index < -0.39 is 0 Å². The van der Waals surface area contributed by atoms with Gasteiger partial charge in [0.15, 0.2) is 0 Å². The van der Waals surface area contributed by atoms with Crippen molar-refractivity contribution in [2.45, 2.75) is 20.3 Å². The van der Waals surface area contributed by atoms with Crippen LogP contribution in [0.5, 0.6) is 0 Å². The zero-order valence-corrected chi connectivity index (χ0v) is 12.9. The third-order valence-corrected chi connectivity index (χ3v) is 3.25. The fourth-order valence-corrected chi connectivity index (χ4v) is 1.71. The third kappa shape index (κ3) is 4.98. The van der Waals surface area contributed by atoms with Crippen molar-refractivity contribution in [3.05, 3.63) is 22.8 Å². The zero-order chi connectivity index (χ0) is 14.4. The van der Waals surface area contributed by atoms with Crippen LogP contribution in [0.15, 0.2) is 22.8 Å². The molecule has 0 saturated heterocycles. The average Bonchev–Trinajstić information content (AvgIpc) is 2.39. The summed E-state index contributed by atoms with van der Waals surface area (Å²) in [5.41, 5.74) is 0. The lowest BCUT2D eigenvalue weighted by Crippen LogP contribution is -2.37. The van der Waals surface area contributed by atoms with Gasteiger partial charge in [-0.1, -0.05) is 13.8 Å². The summed E-state index contributed by atoms with van der Waals surface area (Å²) >= 11 is 3.27. The standard InChI is InChI=1S/C13H18BrN3O2/c1-4-9(2)13(19)17(3)8-12(18)16-11-6-5-10(14)7-15-11/h5-7,9H,4,8H2,1-3H3,(H,15,16,18)/t9-/m1/s1. The van der Waals surface area contributed by atoms with Crippen LogP contribution in [0.25, 0.3) is 0 Å². The summed E-state index contributed by atoms with van der Waals surface area (Å²) < 4.78 is 0.842. The van der Waals surface area contributed by atoms with Gasteiger partial charge in [-0.15, -0.1) is 0 Å². The Morgan fingerprint density at radius 3 is 2.68 bits per heavy atom. The fourth-order valence-electron chi connectivity index (χ4n) is 1.48. The molecule has 1 aromatic heterocycles. The molecule has 1 heterocycles. The highest BCUT2D eigenvalue weighted by Crippen LogP contribution is 2.10. The van der Waals surface area contributed by atoms with Gasteiger partial charge in [0.1, 0.15) is 5.82 Å². The van der Waals surface area contributed by atoms with Gasteiger partial charge in [0.2, 0.25) is 11.8 Å². The Morgan fingerprint density at radius 2 is 2.16 bits per heavy atom. The van der Waals surface area contributed by atoms with E-state index in [4.69, 9.17) is 0 Å². The Kier molecular flexibility index (Phi) is 5.95. The maximum atomic E-state index is 11.8. The lowest BCUT2D eigenvalue weighted by molar-refractivity contribution is -0.136. The Morgan fingerprint density at radius 1 is 1.47 bits per heavy atom. The molecule has 0 aliphatic carbocycles. The summed E-state index contributed by atoms with van der Waals surface area (Å²) in [6.45, 7) is 3.83. The smallest absolute Gasteiger partial charge is 0.245 e. The molecule has 0 aromatic carbocycles. The monoisotopic (exact) mass is 327 g/mol. The molecule has 0 aliphatic rings. The summed E-state index contributed by atoms with van der Waals surface area (Å²) in [4.78, 5) is 29.1. The highest BCUT2D eigenvalue weighted by atomic mass is 79.9. The van der Waals surface area contributed by atoms with Crippen LogP contribution < -0.4 is 5.32 Å². The van der Waals surface area contributed by atoms with Crippen LogP contribution in [0.3, 0.4) is 0 Å². The van der Waals surface area contributed by atoms with Crippen LogP contribution in [-0.2, 0) is 9.59 Å². The van der Waals surface area contributed by atoms with Gasteiger partial charge in [0.05, 0.1) is 6.54 Å². The van der Waals surface area contributed by atoms with Gasteiger partial charge >= 0.3 is 0 Å². The number of hydrogen-bond acceptors (Lipinski definition) is 3. The second-order valence-corrected chi connectivity index (χ2v) is 5.33. The molecule has 1 rings (SSSR count). The predicted molar refractivity (Wildman–Crippen MR) is 77.7 cm³/mol. The number of carbonyl (C=O) groups is 2. The van der Waals surface area contributed by atoms with Gasteiger partial charge in [-0.3, -0.25) is 9.59 Å². The summed E-state index contributed by atoms with van der Waals surface area (Å²) in [6.07, 6.45) is 2.36. The molecule has 1 N–H and O–H groups in total. The molecule has 104 valence electrons. The first-order chi connectivity index (χ1) is 8.93. The topological polar surface area (TPSA) is 62.3 Å². The molecule has 0 radical (unpaired) electrons. The molecule has 0 fully saturated rings. The number of nitrogens with zero attached hydrogens (tertiary/aromatic N) is 2. The average molecular weight is 328 g/mol. The largest absolute Gasteiger partial charge is 0.336 e. The molecule has 5 nitrogen and oxygen atoms in total. The van der Waals surface area contributed by atoms with Gasteiger partial charge in [-0.05, 0) is 34.5 Å². The van der Waals surface area contributed by atoms with E-state index in [0.29, 0.717) is 5.82 Å². The SMILES string of the molecule is CC[C@@H](C)C(=O)N(C)CC(=O)Nc1ccc(Br)cn1. The number of likely N-dealkylation sites (N-methyl/N-ethyl adjacent to an activating group) is 1. The van der Waals surface area contributed by atoms with Gasteiger partial charge in [0.25, 0.3) is 0 Å². The molecule has 1 aromatic rings. The van der Waals surface area contributed by atoms with Crippen molar-refractivity contribution in [2.75, 3.05) is 18.9 Å². The molecule has 0 spiro atoms. The van der Waals surface area contributed by atoms with Crippen molar-refractivity contribution in [3.63, 3.8) is 0 Å². The van der Waals surface area contributed by atoms with Crippen LogP contribution >= 0.6 is 15.9 Å². The lowest BCUT2D eigenvalue weighted by Gasteiger charge is -2.19. The normalized spacial score (nSPS) is 11.8. The highest BCUT2D eigenvalue weighted by Gasteiger charge is 2.18. The first-order valence-electron chi connectivity index (χ1n) is 6.10. The molecular formula is C13H18BrN3O2. The Bertz CT molecular complexity index is 448. The highest BCUT2D eigenvalue weighted by molar-refractivity contribution is 9.10. The quantitative estimate of drug-likeness (QED) is 0.902. The molecule has 2 amide bonds. The molecule has 0 unspecified atom stereocenters. The second-order valence-electron chi connectivity index (χ2n) is 4.41. The van der Waals surface area contributed by atoms with Gasteiger partial charge in [-0.25, -0.2) is 4.98 Å².